The summed E-state index contributed by atoms with van der Waals surface area (Å²) in [6.07, 6.45) is 9.56. The molecule has 150 valence electrons. The van der Waals surface area contributed by atoms with Gasteiger partial charge in [0.2, 0.25) is 0 Å². The first-order valence-electron chi connectivity index (χ1n) is 10.0. The summed E-state index contributed by atoms with van der Waals surface area (Å²) < 4.78 is 3.60. The second-order valence-electron chi connectivity index (χ2n) is 7.43. The number of nitrogens with zero attached hydrogens (tertiary/aromatic N) is 5. The lowest BCUT2D eigenvalue weighted by Crippen LogP contribution is -2.22. The van der Waals surface area contributed by atoms with Crippen LogP contribution in [0.2, 0.25) is 0 Å². The van der Waals surface area contributed by atoms with E-state index in [1.54, 1.807) is 29.2 Å². The van der Waals surface area contributed by atoms with Gasteiger partial charge in [-0.1, -0.05) is 37.6 Å². The van der Waals surface area contributed by atoms with Crippen molar-refractivity contribution in [3.05, 3.63) is 102 Å². The molecule has 6 nitrogen and oxygen atoms in total. The summed E-state index contributed by atoms with van der Waals surface area (Å²) in [5, 5.41) is 8.32. The highest BCUT2D eigenvalue weighted by atomic mass is 15.3. The minimum Gasteiger partial charge on any atom is -0.321 e. The number of benzene rings is 2. The highest BCUT2D eigenvalue weighted by Gasteiger charge is 2.50. The Kier molecular flexibility index (Phi) is 5.46. The molecule has 2 N–H and O–H groups in total. The molecule has 0 radical (unpaired) electrons. The summed E-state index contributed by atoms with van der Waals surface area (Å²) in [6, 6.07) is 19.5. The van der Waals surface area contributed by atoms with Crippen LogP contribution in [0.15, 0.2) is 85.5 Å². The fraction of sp³-hybridized carbons (Fsp3) is 0.208. The Hall–Kier alpha value is -3.69. The number of hydrogen-bond donors (Lipinski definition) is 1. The van der Waals surface area contributed by atoms with Crippen molar-refractivity contribution in [1.82, 2.24) is 19.6 Å². The molecule has 0 amide bonds. The molecular weight excluding hydrogens is 372 g/mol. The van der Waals surface area contributed by atoms with Crippen molar-refractivity contribution < 1.29 is 0 Å². The van der Waals surface area contributed by atoms with Gasteiger partial charge in [-0.2, -0.15) is 10.2 Å². The quantitative estimate of drug-likeness (QED) is 0.500. The highest BCUT2D eigenvalue weighted by Crippen LogP contribution is 2.51. The van der Waals surface area contributed by atoms with Gasteiger partial charge in [0.1, 0.15) is 0 Å². The molecule has 1 aliphatic rings. The first-order valence-corrected chi connectivity index (χ1v) is 10.0. The summed E-state index contributed by atoms with van der Waals surface area (Å²) in [5.41, 5.74) is 10.2. The third-order valence-corrected chi connectivity index (χ3v) is 5.53. The van der Waals surface area contributed by atoms with Crippen molar-refractivity contribution in [1.29, 1.82) is 0 Å². The molecule has 0 bridgehead atoms. The maximum atomic E-state index is 6.86. The van der Waals surface area contributed by atoms with Crippen molar-refractivity contribution in [2.75, 3.05) is 0 Å². The summed E-state index contributed by atoms with van der Waals surface area (Å²) in [7, 11) is 0. The van der Waals surface area contributed by atoms with Gasteiger partial charge in [0.25, 0.3) is 0 Å². The van der Waals surface area contributed by atoms with Crippen LogP contribution in [0, 0.1) is 12.5 Å². The standard InChI is InChI=1S/C14H17N3.C10H7N3/c1-2-11-10-14(11,15)12-5-3-6-13(9-12)17-8-4-7-16-17;1-11-9-4-2-5-10(8-9)13-7-3-6-12-13/h3-9,11H,2,10,15H2,1H3;2-8H. The van der Waals surface area contributed by atoms with Gasteiger partial charge in [-0.15, -0.1) is 0 Å². The molecule has 2 aromatic carbocycles. The Bertz CT molecular complexity index is 1140. The zero-order valence-corrected chi connectivity index (χ0v) is 16.9. The predicted molar refractivity (Wildman–Crippen MR) is 118 cm³/mol. The molecule has 4 aromatic rings. The normalized spacial score (nSPS) is 19.4. The summed E-state index contributed by atoms with van der Waals surface area (Å²) in [5.74, 6) is 0.635. The van der Waals surface area contributed by atoms with Crippen molar-refractivity contribution in [2.24, 2.45) is 11.7 Å². The van der Waals surface area contributed by atoms with Crippen LogP contribution in [0.3, 0.4) is 0 Å². The van der Waals surface area contributed by atoms with Crippen molar-refractivity contribution in [2.45, 2.75) is 25.3 Å². The maximum absolute atomic E-state index is 6.86. The van der Waals surface area contributed by atoms with Crippen LogP contribution in [0.5, 0.6) is 0 Å². The predicted octanol–water partition coefficient (Wildman–Crippen LogP) is 4.88. The zero-order chi connectivity index (χ0) is 21.0. The molecule has 1 aliphatic carbocycles. The second-order valence-corrected chi connectivity index (χ2v) is 7.43. The lowest BCUT2D eigenvalue weighted by atomic mass is 10.0. The molecule has 2 atom stereocenters. The van der Waals surface area contributed by atoms with Crippen molar-refractivity contribution in [3.8, 4) is 11.4 Å². The van der Waals surface area contributed by atoms with E-state index in [1.165, 1.54) is 5.56 Å². The molecule has 0 saturated heterocycles. The first kappa shape index (κ1) is 19.6. The molecule has 0 spiro atoms. The van der Waals surface area contributed by atoms with Crippen LogP contribution >= 0.6 is 0 Å². The van der Waals surface area contributed by atoms with E-state index < -0.39 is 0 Å². The minimum absolute atomic E-state index is 0.0993. The monoisotopic (exact) mass is 396 g/mol. The van der Waals surface area contributed by atoms with Gasteiger partial charge in [-0.25, -0.2) is 14.2 Å². The average Bonchev–Trinajstić information content (AvgIpc) is 3.25. The number of rotatable bonds is 4. The Balaban J connectivity index is 0.000000151. The van der Waals surface area contributed by atoms with Crippen LogP contribution < -0.4 is 5.73 Å². The molecule has 2 heterocycles. The van der Waals surface area contributed by atoms with E-state index in [4.69, 9.17) is 12.3 Å². The van der Waals surface area contributed by atoms with Crippen LogP contribution in [-0.4, -0.2) is 19.6 Å². The Morgan fingerprint density at radius 3 is 2.17 bits per heavy atom. The van der Waals surface area contributed by atoms with Crippen LogP contribution in [-0.2, 0) is 5.54 Å². The van der Waals surface area contributed by atoms with Gasteiger partial charge in [-0.3, -0.25) is 0 Å². The fourth-order valence-electron chi connectivity index (χ4n) is 3.70. The van der Waals surface area contributed by atoms with Crippen LogP contribution in [0.1, 0.15) is 25.3 Å². The number of aromatic nitrogens is 4. The largest absolute Gasteiger partial charge is 0.321 e. The molecule has 6 heteroatoms. The van der Waals surface area contributed by atoms with E-state index >= 15 is 0 Å². The van der Waals surface area contributed by atoms with E-state index in [0.717, 1.165) is 24.2 Å². The van der Waals surface area contributed by atoms with E-state index in [1.807, 2.05) is 41.3 Å². The fourth-order valence-corrected chi connectivity index (χ4v) is 3.70. The molecule has 0 aliphatic heterocycles. The van der Waals surface area contributed by atoms with Crippen molar-refractivity contribution >= 4 is 5.69 Å². The summed E-state index contributed by atoms with van der Waals surface area (Å²) >= 11 is 0. The smallest absolute Gasteiger partial charge is 0.189 e. The van der Waals surface area contributed by atoms with Gasteiger partial charge in [0, 0.05) is 30.3 Å². The number of nitrogens with two attached hydrogens (primary N) is 1. The van der Waals surface area contributed by atoms with E-state index in [9.17, 15) is 0 Å². The molecule has 1 saturated carbocycles. The molecule has 1 fully saturated rings. The van der Waals surface area contributed by atoms with E-state index in [0.29, 0.717) is 11.6 Å². The molecule has 5 rings (SSSR count). The Labute approximate surface area is 176 Å². The second kappa shape index (κ2) is 8.36. The van der Waals surface area contributed by atoms with E-state index in [2.05, 4.69) is 46.2 Å². The summed E-state index contributed by atoms with van der Waals surface area (Å²) in [4.78, 5) is 3.35. The third kappa shape index (κ3) is 4.02. The van der Waals surface area contributed by atoms with Gasteiger partial charge in [0.15, 0.2) is 5.69 Å². The molecule has 2 unspecified atom stereocenters. The number of hydrogen-bond acceptors (Lipinski definition) is 3. The molecular formula is C24H24N6. The highest BCUT2D eigenvalue weighted by molar-refractivity contribution is 5.51. The topological polar surface area (TPSA) is 66.0 Å². The summed E-state index contributed by atoms with van der Waals surface area (Å²) in [6.45, 7) is 9.07. The van der Waals surface area contributed by atoms with Crippen LogP contribution in [0.4, 0.5) is 5.69 Å². The lowest BCUT2D eigenvalue weighted by molar-refractivity contribution is 0.614. The van der Waals surface area contributed by atoms with Gasteiger partial charge in [0.05, 0.1) is 17.9 Å². The van der Waals surface area contributed by atoms with Gasteiger partial charge < -0.3 is 5.73 Å². The first-order chi connectivity index (χ1) is 14.6. The van der Waals surface area contributed by atoms with Gasteiger partial charge >= 0.3 is 0 Å². The lowest BCUT2D eigenvalue weighted by Gasteiger charge is -2.13. The Morgan fingerprint density at radius 2 is 1.63 bits per heavy atom. The zero-order valence-electron chi connectivity index (χ0n) is 16.9. The SMILES string of the molecule is CCC1CC1(N)c1cccc(-n2cccn2)c1.[C-]#[N+]c1cccc(-n2cccn2)c1. The van der Waals surface area contributed by atoms with Crippen LogP contribution in [0.25, 0.3) is 16.2 Å². The van der Waals surface area contributed by atoms with Crippen molar-refractivity contribution in [3.63, 3.8) is 0 Å². The molecule has 30 heavy (non-hydrogen) atoms. The average molecular weight is 396 g/mol. The van der Waals surface area contributed by atoms with E-state index in [-0.39, 0.29) is 5.54 Å². The third-order valence-electron chi connectivity index (χ3n) is 5.53. The maximum Gasteiger partial charge on any atom is 0.189 e. The van der Waals surface area contributed by atoms with Gasteiger partial charge in [-0.05, 0) is 54.3 Å². The minimum atomic E-state index is -0.0993. The molecule has 2 aromatic heterocycles. The Morgan fingerprint density at radius 1 is 1.00 bits per heavy atom.